The molecule has 0 heterocycles. The molecule has 0 aromatic heterocycles. The van der Waals surface area contributed by atoms with Gasteiger partial charge in [-0.25, -0.2) is 0 Å². The van der Waals surface area contributed by atoms with Gasteiger partial charge in [0.1, 0.15) is 0 Å². The summed E-state index contributed by atoms with van der Waals surface area (Å²) < 4.78 is 0. The first-order valence-corrected chi connectivity index (χ1v) is 6.96. The Kier molecular flexibility index (Phi) is 9.86. The number of benzene rings is 1. The van der Waals surface area contributed by atoms with Gasteiger partial charge >= 0.3 is 0 Å². The highest BCUT2D eigenvalue weighted by molar-refractivity contribution is 5.95. The highest BCUT2D eigenvalue weighted by atomic mass is 16.3. The minimum absolute atomic E-state index is 0.137. The summed E-state index contributed by atoms with van der Waals surface area (Å²) in [5.74, 6) is 0.137. The molecule has 0 aliphatic rings. The van der Waals surface area contributed by atoms with Gasteiger partial charge in [0.05, 0.1) is 11.2 Å². The molecule has 0 amide bonds. The van der Waals surface area contributed by atoms with E-state index in [0.717, 1.165) is 11.1 Å². The number of aryl methyl sites for hydroxylation is 1. The second-order valence-electron chi connectivity index (χ2n) is 5.90. The Hall–Kier alpha value is -1.45. The van der Waals surface area contributed by atoms with Gasteiger partial charge in [0.15, 0.2) is 5.78 Å². The zero-order valence-corrected chi connectivity index (χ0v) is 14.4. The molecular formula is C18H30O3. The summed E-state index contributed by atoms with van der Waals surface area (Å²) in [4.78, 5) is 10.9. The van der Waals surface area contributed by atoms with E-state index in [1.807, 2.05) is 38.1 Å². The Morgan fingerprint density at radius 2 is 1.43 bits per heavy atom. The fourth-order valence-electron chi connectivity index (χ4n) is 0.968. The average Bonchev–Trinajstić information content (AvgIpc) is 2.28. The minimum atomic E-state index is -1.01. The molecule has 0 bridgehead atoms. The second-order valence-corrected chi connectivity index (χ2v) is 5.90. The third kappa shape index (κ3) is 9.99. The maximum atomic E-state index is 10.9. The molecule has 3 nitrogen and oxygen atoms in total. The first kappa shape index (κ1) is 21.8. The number of ketones is 1. The molecule has 0 saturated carbocycles. The summed E-state index contributed by atoms with van der Waals surface area (Å²) in [6, 6.07) is 7.60. The summed E-state index contributed by atoms with van der Waals surface area (Å²) in [6.45, 7) is 15.1. The van der Waals surface area contributed by atoms with Crippen LogP contribution in [0.2, 0.25) is 0 Å². The van der Waals surface area contributed by atoms with Crippen molar-refractivity contribution in [3.05, 3.63) is 48.0 Å². The molecule has 0 saturated heterocycles. The monoisotopic (exact) mass is 294 g/mol. The highest BCUT2D eigenvalue weighted by Gasteiger charge is 2.31. The number of aliphatic hydroxyl groups is 2. The Labute approximate surface area is 129 Å². The topological polar surface area (TPSA) is 57.5 Å². The largest absolute Gasteiger partial charge is 0.387 e. The summed E-state index contributed by atoms with van der Waals surface area (Å²) in [5, 5.41) is 18.2. The first-order chi connectivity index (χ1) is 9.38. The Morgan fingerprint density at radius 3 is 1.62 bits per heavy atom. The van der Waals surface area contributed by atoms with Crippen LogP contribution in [0.25, 0.3) is 0 Å². The van der Waals surface area contributed by atoms with Crippen molar-refractivity contribution in [1.29, 1.82) is 0 Å². The summed E-state index contributed by atoms with van der Waals surface area (Å²) >= 11 is 0. The number of hydrogen-bond donors (Lipinski definition) is 2. The van der Waals surface area contributed by atoms with Gasteiger partial charge in [0.2, 0.25) is 0 Å². The quantitative estimate of drug-likeness (QED) is 0.642. The highest BCUT2D eigenvalue weighted by Crippen LogP contribution is 2.19. The van der Waals surface area contributed by atoms with Gasteiger partial charge < -0.3 is 10.2 Å². The molecule has 0 unspecified atom stereocenters. The Morgan fingerprint density at radius 1 is 1.10 bits per heavy atom. The molecule has 0 atom stereocenters. The van der Waals surface area contributed by atoms with Crippen LogP contribution >= 0.6 is 0 Å². The number of allylic oxidation sites excluding steroid dienone is 1. The molecule has 1 rings (SSSR count). The van der Waals surface area contributed by atoms with E-state index < -0.39 is 11.2 Å². The lowest BCUT2D eigenvalue weighted by Crippen LogP contribution is -2.44. The van der Waals surface area contributed by atoms with Crippen molar-refractivity contribution in [1.82, 2.24) is 0 Å². The van der Waals surface area contributed by atoms with Crippen LogP contribution < -0.4 is 0 Å². The van der Waals surface area contributed by atoms with Crippen LogP contribution in [-0.4, -0.2) is 27.2 Å². The normalized spacial score (nSPS) is 10.5. The van der Waals surface area contributed by atoms with Crippen LogP contribution in [0.5, 0.6) is 0 Å². The molecule has 1 aromatic carbocycles. The summed E-state index contributed by atoms with van der Waals surface area (Å²) in [5.41, 5.74) is -0.141. The molecule has 2 N–H and O–H groups in total. The van der Waals surface area contributed by atoms with Crippen molar-refractivity contribution >= 4 is 5.78 Å². The first-order valence-electron chi connectivity index (χ1n) is 6.96. The van der Waals surface area contributed by atoms with Gasteiger partial charge in [-0.15, -0.1) is 6.58 Å². The molecule has 0 spiro atoms. The van der Waals surface area contributed by atoms with Gasteiger partial charge in [0, 0.05) is 5.56 Å². The zero-order chi connectivity index (χ0) is 17.3. The molecule has 21 heavy (non-hydrogen) atoms. The van der Waals surface area contributed by atoms with Crippen molar-refractivity contribution in [3.8, 4) is 0 Å². The lowest BCUT2D eigenvalue weighted by Gasteiger charge is -2.31. The van der Waals surface area contributed by atoms with E-state index in [1.54, 1.807) is 40.7 Å². The fraction of sp³-hybridized carbons (Fsp3) is 0.500. The molecule has 3 heteroatoms. The van der Waals surface area contributed by atoms with Crippen LogP contribution in [0.4, 0.5) is 0 Å². The molecule has 120 valence electrons. The molecular weight excluding hydrogens is 264 g/mol. The van der Waals surface area contributed by atoms with E-state index in [-0.39, 0.29) is 5.78 Å². The number of rotatable bonds is 2. The van der Waals surface area contributed by atoms with Crippen molar-refractivity contribution in [2.45, 2.75) is 59.7 Å². The van der Waals surface area contributed by atoms with Gasteiger partial charge in [-0.2, -0.15) is 0 Å². The van der Waals surface area contributed by atoms with Crippen LogP contribution in [-0.2, 0) is 0 Å². The van der Waals surface area contributed by atoms with Crippen molar-refractivity contribution in [2.24, 2.45) is 0 Å². The molecule has 0 aliphatic carbocycles. The lowest BCUT2D eigenvalue weighted by molar-refractivity contribution is -0.107. The summed E-state index contributed by atoms with van der Waals surface area (Å²) in [7, 11) is 0. The van der Waals surface area contributed by atoms with E-state index in [0.29, 0.717) is 0 Å². The Balaban J connectivity index is 0. The van der Waals surface area contributed by atoms with E-state index in [4.69, 9.17) is 10.2 Å². The van der Waals surface area contributed by atoms with Crippen LogP contribution in [0.15, 0.2) is 36.9 Å². The van der Waals surface area contributed by atoms with Gasteiger partial charge in [-0.1, -0.05) is 30.3 Å². The van der Waals surface area contributed by atoms with Gasteiger partial charge in [-0.05, 0) is 54.0 Å². The van der Waals surface area contributed by atoms with Crippen LogP contribution in [0.1, 0.15) is 57.5 Å². The van der Waals surface area contributed by atoms with Crippen molar-refractivity contribution < 1.29 is 15.0 Å². The second kappa shape index (κ2) is 9.48. The molecule has 1 aromatic rings. The number of carbonyl (C=O) groups excluding carboxylic acids is 1. The van der Waals surface area contributed by atoms with E-state index >= 15 is 0 Å². The third-order valence-electron chi connectivity index (χ3n) is 3.02. The number of carbonyl (C=O) groups is 1. The van der Waals surface area contributed by atoms with Gasteiger partial charge in [-0.3, -0.25) is 4.79 Å². The van der Waals surface area contributed by atoms with Crippen LogP contribution in [0.3, 0.4) is 0 Å². The molecule has 0 radical (unpaired) electrons. The fourth-order valence-corrected chi connectivity index (χ4v) is 0.968. The molecule has 0 fully saturated rings. The summed E-state index contributed by atoms with van der Waals surface area (Å²) in [6.07, 6.45) is 1.75. The van der Waals surface area contributed by atoms with Gasteiger partial charge in [0.25, 0.3) is 0 Å². The van der Waals surface area contributed by atoms with E-state index in [1.165, 1.54) is 0 Å². The third-order valence-corrected chi connectivity index (χ3v) is 3.02. The van der Waals surface area contributed by atoms with Crippen molar-refractivity contribution in [2.75, 3.05) is 0 Å². The predicted octanol–water partition coefficient (Wildman–Crippen LogP) is 3.92. The Bertz CT molecular complexity index is 423. The minimum Gasteiger partial charge on any atom is -0.387 e. The van der Waals surface area contributed by atoms with Crippen molar-refractivity contribution in [3.63, 3.8) is 0 Å². The zero-order valence-electron chi connectivity index (χ0n) is 14.4. The number of Topliss-reactive ketones (excluding diaryl/α,β-unsaturated/α-hetero) is 1. The van der Waals surface area contributed by atoms with E-state index in [9.17, 15) is 4.79 Å². The number of hydrogen-bond acceptors (Lipinski definition) is 3. The lowest BCUT2D eigenvalue weighted by atomic mass is 9.90. The SMILES string of the molecule is C=CC.CC(=O)c1ccccc1C.CC(C)(O)C(C)(C)O. The van der Waals surface area contributed by atoms with Crippen LogP contribution in [0, 0.1) is 6.92 Å². The maximum absolute atomic E-state index is 10.9. The average molecular weight is 294 g/mol. The smallest absolute Gasteiger partial charge is 0.160 e. The maximum Gasteiger partial charge on any atom is 0.160 e. The molecule has 0 aliphatic heterocycles. The predicted molar refractivity (Wildman–Crippen MR) is 89.7 cm³/mol. The van der Waals surface area contributed by atoms with E-state index in [2.05, 4.69) is 6.58 Å². The standard InChI is InChI=1S/C9H10O.C6H14O2.C3H6/c1-7-5-3-4-6-9(7)8(2)10;1-5(2,7)6(3,4)8;1-3-2/h3-6H,1-2H3;7-8H,1-4H3;3H,1H2,2H3.